The van der Waals surface area contributed by atoms with E-state index in [4.69, 9.17) is 15.2 Å². The first-order valence-electron chi connectivity index (χ1n) is 22.1. The standard InChI is InChI=1S/C47H72N8O6S/c1-12-31(6)42(54(9)47(59)40(29(2)3)52-45(58)41(30(4)5)53(8)28-34-20-21-49-38(48)26-34)37(60-10)27-39(56)55-23-16-19-36(55)43(61-11)32(7)44(57)51-35(46-50-22-24-62-46)25-33-17-14-13-15-18-33/h13-15,17-18,20-22,24,26,29-32,35-37,40-43H,12,16,19,23,25,27-28H2,1-11H3,(H2,48,49)(H,51,57)(H,52,58)/t31-,32+,35-,36-,37+,40-,41-,42-,43+/m0/s1. The lowest BCUT2D eigenvalue weighted by Crippen LogP contribution is -2.60. The van der Waals surface area contributed by atoms with Gasteiger partial charge in [0, 0.05) is 52.1 Å². The van der Waals surface area contributed by atoms with Crippen LogP contribution in [-0.2, 0) is 41.6 Å². The molecule has 0 saturated carbocycles. The molecule has 0 spiro atoms. The van der Waals surface area contributed by atoms with Gasteiger partial charge >= 0.3 is 0 Å². The molecule has 1 aliphatic rings. The van der Waals surface area contributed by atoms with Gasteiger partial charge in [0.15, 0.2) is 0 Å². The van der Waals surface area contributed by atoms with E-state index in [0.717, 1.165) is 29.0 Å². The Morgan fingerprint density at radius 1 is 0.919 bits per heavy atom. The molecule has 1 aromatic carbocycles. The number of nitrogens with two attached hydrogens (primary N) is 1. The number of carbonyl (C=O) groups is 4. The smallest absolute Gasteiger partial charge is 0.245 e. The molecular formula is C47H72N8O6S. The number of nitrogens with zero attached hydrogens (tertiary/aromatic N) is 5. The Balaban J connectivity index is 1.48. The Kier molecular flexibility index (Phi) is 19.3. The Labute approximate surface area is 373 Å². The number of aromatic nitrogens is 2. The largest absolute Gasteiger partial charge is 0.384 e. The number of methoxy groups -OCH3 is 2. The van der Waals surface area contributed by atoms with Crippen LogP contribution in [0.25, 0.3) is 0 Å². The van der Waals surface area contributed by atoms with Crippen molar-refractivity contribution in [3.63, 3.8) is 0 Å². The fourth-order valence-corrected chi connectivity index (χ4v) is 9.72. The van der Waals surface area contributed by atoms with E-state index >= 15 is 0 Å². The van der Waals surface area contributed by atoms with Crippen LogP contribution in [0, 0.1) is 23.7 Å². The molecule has 342 valence electrons. The van der Waals surface area contributed by atoms with Gasteiger partial charge in [-0.3, -0.25) is 24.1 Å². The Morgan fingerprint density at radius 3 is 2.21 bits per heavy atom. The van der Waals surface area contributed by atoms with Crippen LogP contribution < -0.4 is 16.4 Å². The van der Waals surface area contributed by atoms with Crippen molar-refractivity contribution in [3.05, 3.63) is 76.4 Å². The summed E-state index contributed by atoms with van der Waals surface area (Å²) >= 11 is 1.50. The van der Waals surface area contributed by atoms with E-state index in [-0.39, 0.29) is 59.9 Å². The number of benzene rings is 1. The van der Waals surface area contributed by atoms with Gasteiger partial charge in [-0.25, -0.2) is 9.97 Å². The van der Waals surface area contributed by atoms with Crippen LogP contribution in [0.15, 0.2) is 60.2 Å². The first-order chi connectivity index (χ1) is 29.5. The van der Waals surface area contributed by atoms with Crippen molar-refractivity contribution >= 4 is 40.8 Å². The lowest BCUT2D eigenvalue weighted by Gasteiger charge is -2.41. The molecule has 0 aliphatic carbocycles. The third-order valence-corrected chi connectivity index (χ3v) is 13.4. The quantitative estimate of drug-likeness (QED) is 0.107. The third-order valence-electron chi connectivity index (χ3n) is 12.5. The van der Waals surface area contributed by atoms with E-state index in [1.807, 2.05) is 93.2 Å². The molecule has 4 N–H and O–H groups in total. The third kappa shape index (κ3) is 13.1. The molecule has 0 unspecified atom stereocenters. The summed E-state index contributed by atoms with van der Waals surface area (Å²) in [4.78, 5) is 71.1. The van der Waals surface area contributed by atoms with Crippen LogP contribution >= 0.6 is 11.3 Å². The van der Waals surface area contributed by atoms with E-state index in [9.17, 15) is 19.2 Å². The van der Waals surface area contributed by atoms with Gasteiger partial charge < -0.3 is 35.6 Å². The summed E-state index contributed by atoms with van der Waals surface area (Å²) in [6.45, 7) is 14.8. The fourth-order valence-electron chi connectivity index (χ4n) is 9.03. The number of hydrogen-bond acceptors (Lipinski definition) is 11. The Morgan fingerprint density at radius 2 is 1.63 bits per heavy atom. The van der Waals surface area contributed by atoms with Gasteiger partial charge in [0.1, 0.15) is 16.9 Å². The van der Waals surface area contributed by atoms with Crippen LogP contribution in [-0.4, -0.2) is 120 Å². The molecule has 4 amide bonds. The maximum absolute atomic E-state index is 14.6. The average Bonchev–Trinajstić information content (AvgIpc) is 3.96. The molecule has 1 fully saturated rings. The van der Waals surface area contributed by atoms with Gasteiger partial charge in [-0.1, -0.05) is 85.2 Å². The number of amides is 4. The van der Waals surface area contributed by atoms with E-state index in [1.165, 1.54) is 11.3 Å². The minimum atomic E-state index is -0.820. The molecule has 0 radical (unpaired) electrons. The van der Waals surface area contributed by atoms with Gasteiger partial charge in [0.05, 0.1) is 48.7 Å². The fraction of sp³-hybridized carbons (Fsp3) is 0.617. The summed E-state index contributed by atoms with van der Waals surface area (Å²) in [6.07, 6.45) is 4.99. The highest BCUT2D eigenvalue weighted by atomic mass is 32.1. The van der Waals surface area contributed by atoms with Crippen molar-refractivity contribution in [2.24, 2.45) is 23.7 Å². The average molecular weight is 877 g/mol. The number of rotatable bonds is 23. The van der Waals surface area contributed by atoms with Gasteiger partial charge in [-0.05, 0) is 67.3 Å². The van der Waals surface area contributed by atoms with Gasteiger partial charge in [0.2, 0.25) is 23.6 Å². The number of likely N-dealkylation sites (tertiary alicyclic amines) is 1. The van der Waals surface area contributed by atoms with Crippen LogP contribution in [0.1, 0.15) is 96.3 Å². The maximum Gasteiger partial charge on any atom is 0.245 e. The minimum Gasteiger partial charge on any atom is -0.384 e. The zero-order chi connectivity index (χ0) is 45.7. The van der Waals surface area contributed by atoms with E-state index < -0.39 is 36.3 Å². The molecule has 3 aromatic rings. The summed E-state index contributed by atoms with van der Waals surface area (Å²) in [5.41, 5.74) is 7.94. The number of anilines is 1. The normalized spacial score (nSPS) is 18.2. The number of carbonyl (C=O) groups excluding carboxylic acids is 4. The first kappa shape index (κ1) is 50.2. The van der Waals surface area contributed by atoms with E-state index in [1.54, 1.807) is 44.6 Å². The lowest BCUT2D eigenvalue weighted by molar-refractivity contribution is -0.148. The van der Waals surface area contributed by atoms with Gasteiger partial charge in [-0.15, -0.1) is 11.3 Å². The number of nitrogen functional groups attached to an aromatic ring is 1. The number of pyridine rings is 1. The summed E-state index contributed by atoms with van der Waals surface area (Å²) in [7, 11) is 6.80. The van der Waals surface area contributed by atoms with Gasteiger partial charge in [0.25, 0.3) is 0 Å². The molecule has 62 heavy (non-hydrogen) atoms. The zero-order valence-electron chi connectivity index (χ0n) is 38.7. The number of ether oxygens (including phenoxy) is 2. The number of hydrogen-bond donors (Lipinski definition) is 3. The van der Waals surface area contributed by atoms with Crippen LogP contribution in [0.3, 0.4) is 0 Å². The van der Waals surface area contributed by atoms with Crippen LogP contribution in [0.5, 0.6) is 0 Å². The molecule has 15 heteroatoms. The topological polar surface area (TPSA) is 172 Å². The van der Waals surface area contributed by atoms with Crippen molar-refractivity contribution < 1.29 is 28.7 Å². The van der Waals surface area contributed by atoms with Crippen molar-refractivity contribution in [2.75, 3.05) is 40.6 Å². The SMILES string of the molecule is CC[C@H](C)[C@@H]([C@@H](CC(=O)N1CCC[C@H]1[C@H](OC)[C@@H](C)C(=O)N[C@@H](Cc1ccccc1)c1nccs1)OC)N(C)C(=O)[C@@H](NC(=O)[C@H](C(C)C)N(C)Cc1ccnc(N)c1)C(C)C. The van der Waals surface area contributed by atoms with Gasteiger partial charge in [-0.2, -0.15) is 0 Å². The van der Waals surface area contributed by atoms with E-state index in [0.29, 0.717) is 31.7 Å². The second-order valence-corrected chi connectivity index (χ2v) is 18.6. The highest BCUT2D eigenvalue weighted by Crippen LogP contribution is 2.31. The molecular weight excluding hydrogens is 805 g/mol. The van der Waals surface area contributed by atoms with Crippen LogP contribution in [0.4, 0.5) is 5.82 Å². The monoisotopic (exact) mass is 877 g/mol. The molecule has 4 rings (SSSR count). The molecule has 1 aliphatic heterocycles. The van der Waals surface area contributed by atoms with Crippen molar-refractivity contribution in [2.45, 2.75) is 130 Å². The number of nitrogens with one attached hydrogen (secondary N) is 2. The lowest BCUT2D eigenvalue weighted by atomic mass is 9.89. The first-order valence-corrected chi connectivity index (χ1v) is 23.0. The highest BCUT2D eigenvalue weighted by Gasteiger charge is 2.43. The number of thiazole rings is 1. The minimum absolute atomic E-state index is 0.0261. The highest BCUT2D eigenvalue weighted by molar-refractivity contribution is 7.09. The molecule has 9 atom stereocenters. The summed E-state index contributed by atoms with van der Waals surface area (Å²) in [5, 5.41) is 9.08. The second-order valence-electron chi connectivity index (χ2n) is 17.6. The maximum atomic E-state index is 14.6. The second kappa shape index (κ2) is 23.9. The predicted octanol–water partition coefficient (Wildman–Crippen LogP) is 5.74. The summed E-state index contributed by atoms with van der Waals surface area (Å²) < 4.78 is 12.2. The van der Waals surface area contributed by atoms with Crippen molar-refractivity contribution in [3.8, 4) is 0 Å². The Bertz CT molecular complexity index is 1870. The zero-order valence-corrected chi connectivity index (χ0v) is 39.6. The molecule has 0 bridgehead atoms. The molecule has 3 heterocycles. The molecule has 1 saturated heterocycles. The summed E-state index contributed by atoms with van der Waals surface area (Å²) in [5.74, 6) is -1.27. The molecule has 2 aromatic heterocycles. The predicted molar refractivity (Wildman–Crippen MR) is 245 cm³/mol. The van der Waals surface area contributed by atoms with E-state index in [2.05, 4.69) is 34.4 Å². The number of likely N-dealkylation sites (N-methyl/N-ethyl adjacent to an activating group) is 2. The molecule has 14 nitrogen and oxygen atoms in total. The summed E-state index contributed by atoms with van der Waals surface area (Å²) in [6, 6.07) is 11.2. The van der Waals surface area contributed by atoms with Crippen LogP contribution in [0.2, 0.25) is 0 Å². The van der Waals surface area contributed by atoms with Crippen molar-refractivity contribution in [1.29, 1.82) is 0 Å². The van der Waals surface area contributed by atoms with Crippen molar-refractivity contribution in [1.82, 2.24) is 35.3 Å². The Hall–Kier alpha value is -4.44.